The molecule has 2 rings (SSSR count). The molecular weight excluding hydrogens is 233 g/mol. The van der Waals surface area contributed by atoms with E-state index in [2.05, 4.69) is 14.9 Å². The summed E-state index contributed by atoms with van der Waals surface area (Å²) in [6.07, 6.45) is 0. The van der Waals surface area contributed by atoms with Crippen molar-refractivity contribution in [1.82, 2.24) is 10.2 Å². The number of halogens is 3. The van der Waals surface area contributed by atoms with Crippen LogP contribution >= 0.6 is 0 Å². The van der Waals surface area contributed by atoms with Crippen molar-refractivity contribution in [3.63, 3.8) is 0 Å². The second-order valence-electron chi connectivity index (χ2n) is 3.39. The first kappa shape index (κ1) is 11.5. The molecule has 1 aromatic carbocycles. The molecule has 3 nitrogen and oxygen atoms in total. The fourth-order valence-electron chi connectivity index (χ4n) is 1.51. The normalized spacial score (nSPS) is 10.9. The number of nitrogens with zero attached hydrogens (tertiary/aromatic N) is 1. The number of rotatable bonds is 3. The second-order valence-corrected chi connectivity index (χ2v) is 3.39. The summed E-state index contributed by atoms with van der Waals surface area (Å²) >= 11 is 0. The molecule has 0 aliphatic carbocycles. The molecule has 6 heteroatoms. The lowest BCUT2D eigenvalue weighted by Gasteiger charge is -2.02. The van der Waals surface area contributed by atoms with Gasteiger partial charge in [-0.3, -0.25) is 5.10 Å². The molecule has 1 aromatic heterocycles. The third-order valence-corrected chi connectivity index (χ3v) is 2.31. The van der Waals surface area contributed by atoms with Gasteiger partial charge in [-0.1, -0.05) is 12.1 Å². The molecule has 0 spiro atoms. The third kappa shape index (κ3) is 2.25. The van der Waals surface area contributed by atoms with E-state index < -0.39 is 12.4 Å². The van der Waals surface area contributed by atoms with E-state index in [4.69, 9.17) is 0 Å². The first-order valence-corrected chi connectivity index (χ1v) is 4.84. The van der Waals surface area contributed by atoms with Crippen molar-refractivity contribution in [2.24, 2.45) is 0 Å². The molecule has 0 bridgehead atoms. The number of H-pyrrole nitrogens is 1. The highest BCUT2D eigenvalue weighted by Gasteiger charge is 2.17. The average Bonchev–Trinajstić information content (AvgIpc) is 2.61. The molecule has 17 heavy (non-hydrogen) atoms. The monoisotopic (exact) mass is 242 g/mol. The van der Waals surface area contributed by atoms with Crippen LogP contribution in [0.4, 0.5) is 13.2 Å². The molecule has 0 saturated carbocycles. The van der Waals surface area contributed by atoms with E-state index in [9.17, 15) is 13.2 Å². The quantitative estimate of drug-likeness (QED) is 0.897. The van der Waals surface area contributed by atoms with Gasteiger partial charge in [0, 0.05) is 11.1 Å². The molecule has 0 unspecified atom stereocenters. The molecule has 2 aromatic rings. The van der Waals surface area contributed by atoms with Gasteiger partial charge in [-0.2, -0.15) is 8.78 Å². The maximum absolute atomic E-state index is 13.5. The molecule has 0 aliphatic heterocycles. The molecule has 1 heterocycles. The Balaban J connectivity index is 2.41. The van der Waals surface area contributed by atoms with Crippen LogP contribution in [0.2, 0.25) is 0 Å². The number of alkyl halides is 2. The summed E-state index contributed by atoms with van der Waals surface area (Å²) in [7, 11) is 0. The Hall–Kier alpha value is -1.98. The van der Waals surface area contributed by atoms with Crippen molar-refractivity contribution in [3.8, 4) is 17.1 Å². The maximum Gasteiger partial charge on any atom is 0.388 e. The van der Waals surface area contributed by atoms with Crippen LogP contribution in [0, 0.1) is 12.7 Å². The molecule has 1 N–H and O–H groups in total. The van der Waals surface area contributed by atoms with E-state index in [0.717, 1.165) is 0 Å². The van der Waals surface area contributed by atoms with Crippen molar-refractivity contribution in [2.75, 3.05) is 0 Å². The Morgan fingerprint density at radius 3 is 2.65 bits per heavy atom. The van der Waals surface area contributed by atoms with Crippen molar-refractivity contribution in [2.45, 2.75) is 13.5 Å². The van der Waals surface area contributed by atoms with Gasteiger partial charge in [-0.25, -0.2) is 4.39 Å². The van der Waals surface area contributed by atoms with Gasteiger partial charge in [-0.15, -0.1) is 5.10 Å². The van der Waals surface area contributed by atoms with E-state index in [1.807, 2.05) is 0 Å². The van der Waals surface area contributed by atoms with Crippen LogP contribution in [0.15, 0.2) is 24.3 Å². The number of aromatic nitrogens is 2. The summed E-state index contributed by atoms with van der Waals surface area (Å²) in [6.45, 7) is -1.42. The predicted octanol–water partition coefficient (Wildman–Crippen LogP) is 3.13. The first-order valence-electron chi connectivity index (χ1n) is 4.84. The van der Waals surface area contributed by atoms with E-state index in [1.54, 1.807) is 12.1 Å². The Kier molecular flexibility index (Phi) is 3.03. The molecule has 0 aliphatic rings. The summed E-state index contributed by atoms with van der Waals surface area (Å²) in [5, 5.41) is 6.07. The third-order valence-electron chi connectivity index (χ3n) is 2.31. The summed E-state index contributed by atoms with van der Waals surface area (Å²) < 4.78 is 41.8. The number of aromatic amines is 1. The topological polar surface area (TPSA) is 37.9 Å². The summed E-state index contributed by atoms with van der Waals surface area (Å²) in [5.74, 6) is -0.680. The molecule has 0 radical (unpaired) electrons. The largest absolute Gasteiger partial charge is 0.415 e. The lowest BCUT2D eigenvalue weighted by Crippen LogP contribution is -2.03. The minimum Gasteiger partial charge on any atom is -0.415 e. The SMILES string of the molecule is Cc1c(OC(F)F)n[nH]c1-c1ccccc1F. The minimum atomic E-state index is -2.95. The van der Waals surface area contributed by atoms with Crippen molar-refractivity contribution < 1.29 is 17.9 Å². The highest BCUT2D eigenvalue weighted by Crippen LogP contribution is 2.29. The van der Waals surface area contributed by atoms with Crippen molar-refractivity contribution in [3.05, 3.63) is 35.6 Å². The molecule has 90 valence electrons. The highest BCUT2D eigenvalue weighted by molar-refractivity contribution is 5.65. The van der Waals surface area contributed by atoms with Gasteiger partial charge in [-0.05, 0) is 19.1 Å². The van der Waals surface area contributed by atoms with Gasteiger partial charge in [0.2, 0.25) is 5.88 Å². The van der Waals surface area contributed by atoms with Gasteiger partial charge >= 0.3 is 6.61 Å². The van der Waals surface area contributed by atoms with Gasteiger partial charge in [0.05, 0.1) is 5.69 Å². The smallest absolute Gasteiger partial charge is 0.388 e. The van der Waals surface area contributed by atoms with Crippen molar-refractivity contribution in [1.29, 1.82) is 0 Å². The summed E-state index contributed by atoms with van der Waals surface area (Å²) in [6, 6.07) is 6.00. The number of ether oxygens (including phenoxy) is 1. The van der Waals surface area contributed by atoms with Crippen LogP contribution < -0.4 is 4.74 Å². The van der Waals surface area contributed by atoms with E-state index in [-0.39, 0.29) is 11.4 Å². The first-order chi connectivity index (χ1) is 8.09. The maximum atomic E-state index is 13.5. The van der Waals surface area contributed by atoms with Crippen LogP contribution in [0.3, 0.4) is 0 Å². The summed E-state index contributed by atoms with van der Waals surface area (Å²) in [5.41, 5.74) is 0.941. The zero-order valence-corrected chi connectivity index (χ0v) is 8.88. The van der Waals surface area contributed by atoms with Crippen LogP contribution in [0.25, 0.3) is 11.3 Å². The van der Waals surface area contributed by atoms with E-state index >= 15 is 0 Å². The zero-order valence-electron chi connectivity index (χ0n) is 8.88. The zero-order chi connectivity index (χ0) is 12.4. The Morgan fingerprint density at radius 1 is 1.29 bits per heavy atom. The van der Waals surface area contributed by atoms with Crippen LogP contribution in [-0.4, -0.2) is 16.8 Å². The van der Waals surface area contributed by atoms with Gasteiger partial charge < -0.3 is 4.74 Å². The van der Waals surface area contributed by atoms with Crippen LogP contribution in [0.1, 0.15) is 5.56 Å². The summed E-state index contributed by atoms with van der Waals surface area (Å²) in [4.78, 5) is 0. The van der Waals surface area contributed by atoms with Crippen molar-refractivity contribution >= 4 is 0 Å². The Morgan fingerprint density at radius 2 is 2.00 bits per heavy atom. The Bertz CT molecular complexity index is 525. The Labute approximate surface area is 95.2 Å². The van der Waals surface area contributed by atoms with Crippen LogP contribution in [-0.2, 0) is 0 Å². The standard InChI is InChI=1S/C11H9F3N2O/c1-6-9(7-4-2-3-5-8(7)12)15-16-10(6)17-11(13)14/h2-5,11H,1H3,(H,15,16). The molecular formula is C11H9F3N2O. The van der Waals surface area contributed by atoms with E-state index in [1.165, 1.54) is 19.1 Å². The van der Waals surface area contributed by atoms with E-state index in [0.29, 0.717) is 11.3 Å². The van der Waals surface area contributed by atoms with Gasteiger partial charge in [0.25, 0.3) is 0 Å². The van der Waals surface area contributed by atoms with Gasteiger partial charge in [0.1, 0.15) is 5.82 Å². The number of nitrogens with one attached hydrogen (secondary N) is 1. The highest BCUT2D eigenvalue weighted by atomic mass is 19.3. The molecule has 0 amide bonds. The second kappa shape index (κ2) is 4.48. The lowest BCUT2D eigenvalue weighted by atomic mass is 10.1. The fourth-order valence-corrected chi connectivity index (χ4v) is 1.51. The van der Waals surface area contributed by atoms with Gasteiger partial charge in [0.15, 0.2) is 0 Å². The number of benzene rings is 1. The molecule has 0 atom stereocenters. The fraction of sp³-hybridized carbons (Fsp3) is 0.182. The number of hydrogen-bond donors (Lipinski definition) is 1. The molecule has 0 saturated heterocycles. The van der Waals surface area contributed by atoms with Crippen LogP contribution in [0.5, 0.6) is 5.88 Å². The average molecular weight is 242 g/mol. The minimum absolute atomic E-state index is 0.224. The predicted molar refractivity (Wildman–Crippen MR) is 55.4 cm³/mol. The lowest BCUT2D eigenvalue weighted by molar-refractivity contribution is -0.0533. The molecule has 0 fully saturated rings. The number of hydrogen-bond acceptors (Lipinski definition) is 2.